The van der Waals surface area contributed by atoms with Crippen molar-refractivity contribution in [3.63, 3.8) is 0 Å². The number of aryl methyl sites for hydroxylation is 3. The molecular weight excluding hydrogens is 1140 g/mol. The van der Waals surface area contributed by atoms with Crippen LogP contribution >= 0.6 is 0 Å². The van der Waals surface area contributed by atoms with Crippen LogP contribution in [0.4, 0.5) is 0 Å². The van der Waals surface area contributed by atoms with Crippen LogP contribution in [-0.2, 0) is 0 Å². The Balaban J connectivity index is 0.000000108. The van der Waals surface area contributed by atoms with Gasteiger partial charge in [0.25, 0.3) is 0 Å². The minimum Gasteiger partial charge on any atom is -0.309 e. The fourth-order valence-electron chi connectivity index (χ4n) is 15.0. The number of aromatic nitrogens is 3. The van der Waals surface area contributed by atoms with Gasteiger partial charge in [-0.3, -0.25) is 0 Å². The Bertz CT molecular complexity index is 6070. The van der Waals surface area contributed by atoms with Crippen LogP contribution < -0.4 is 0 Å². The van der Waals surface area contributed by atoms with Gasteiger partial charge in [-0.05, 0) is 181 Å². The van der Waals surface area contributed by atoms with Crippen molar-refractivity contribution in [3.05, 3.63) is 356 Å². The summed E-state index contributed by atoms with van der Waals surface area (Å²) in [5.74, 6) is 0. The zero-order valence-corrected chi connectivity index (χ0v) is 52.7. The van der Waals surface area contributed by atoms with E-state index in [0.29, 0.717) is 0 Å². The van der Waals surface area contributed by atoms with Crippen molar-refractivity contribution in [3.8, 4) is 50.4 Å². The fraction of sp³-hybridized carbons (Fsp3) is 0.0330. The van der Waals surface area contributed by atoms with Crippen LogP contribution in [0, 0.1) is 20.8 Å². The second-order valence-electron chi connectivity index (χ2n) is 24.9. The zero-order valence-electron chi connectivity index (χ0n) is 52.7. The number of para-hydroxylation sites is 3. The number of benzene rings is 16. The maximum atomic E-state index is 2.45. The lowest BCUT2D eigenvalue weighted by molar-refractivity contribution is 1.18. The molecule has 0 N–H and O–H groups in total. The topological polar surface area (TPSA) is 14.8 Å². The quantitative estimate of drug-likeness (QED) is 0.158. The molecule has 0 amide bonds. The molecule has 0 saturated carbocycles. The lowest BCUT2D eigenvalue weighted by Gasteiger charge is -2.12. The van der Waals surface area contributed by atoms with Gasteiger partial charge in [-0.1, -0.05) is 267 Å². The smallest absolute Gasteiger partial charge is 0.0619 e. The van der Waals surface area contributed by atoms with E-state index in [1.807, 2.05) is 0 Å². The molecule has 0 aliphatic rings. The highest BCUT2D eigenvalue weighted by Crippen LogP contribution is 2.47. The standard InChI is InChI=1S/C33H23N.2C29H21N/c1-22-20-30-32(27-18-10-8-16-25(22)27)33-28-19-11-9-17-26(28)29(23-12-4-2-5-13-23)21-31(33)34(30)24-14-6-3-7-15-24;1-20-16-17-24-27-19-26(21-10-4-2-5-11-21)23-14-8-9-15-25(23)29(27)30(28(24)18-20)22-12-6-3-7-13-22;1-20-16-17-25-27(18-20)30(22-12-6-3-7-13-22)28-19-26(21-10-4-2-5-11-21)23-14-8-9-15-24(23)29(25)28/h2-21H,1H3;2*2-19H,1H3. The largest absolute Gasteiger partial charge is 0.309 e. The molecule has 3 heteroatoms. The highest BCUT2D eigenvalue weighted by molar-refractivity contribution is 6.31. The van der Waals surface area contributed by atoms with Gasteiger partial charge in [0, 0.05) is 54.8 Å². The van der Waals surface area contributed by atoms with E-state index in [-0.39, 0.29) is 0 Å². The summed E-state index contributed by atoms with van der Waals surface area (Å²) in [5, 5.41) is 18.3. The summed E-state index contributed by atoms with van der Waals surface area (Å²) in [6.07, 6.45) is 0. The predicted octanol–water partition coefficient (Wildman–Crippen LogP) is 24.9. The van der Waals surface area contributed by atoms with Crippen LogP contribution in [0.5, 0.6) is 0 Å². The Labute approximate surface area is 546 Å². The van der Waals surface area contributed by atoms with Crippen LogP contribution in [0.1, 0.15) is 16.7 Å². The maximum Gasteiger partial charge on any atom is 0.0619 e. The second-order valence-corrected chi connectivity index (χ2v) is 24.9. The molecule has 19 aromatic rings. The van der Waals surface area contributed by atoms with Crippen molar-refractivity contribution in [2.75, 3.05) is 0 Å². The summed E-state index contributed by atoms with van der Waals surface area (Å²) >= 11 is 0. The molecule has 3 heterocycles. The summed E-state index contributed by atoms with van der Waals surface area (Å²) in [6.45, 7) is 6.56. The van der Waals surface area contributed by atoms with E-state index in [4.69, 9.17) is 0 Å². The lowest BCUT2D eigenvalue weighted by atomic mass is 9.93. The van der Waals surface area contributed by atoms with Crippen LogP contribution in [-0.4, -0.2) is 13.7 Å². The molecule has 0 aliphatic heterocycles. The van der Waals surface area contributed by atoms with Crippen molar-refractivity contribution >= 4 is 109 Å². The SMILES string of the molecule is Cc1cc2c(c3ccccc13)c1c3ccccc3c(-c3ccccc3)cc1n2-c1ccccc1.Cc1ccc2c3c4ccccc4c(-c4ccccc4)cc3n(-c3ccccc3)c2c1.Cc1ccc2c3cc(-c4ccccc4)c4ccccc4c3n(-c3ccccc3)c2c1. The van der Waals surface area contributed by atoms with E-state index in [9.17, 15) is 0 Å². The van der Waals surface area contributed by atoms with Crippen molar-refractivity contribution in [1.82, 2.24) is 13.7 Å². The third-order valence-corrected chi connectivity index (χ3v) is 19.1. The zero-order chi connectivity index (χ0) is 62.8. The van der Waals surface area contributed by atoms with E-state index >= 15 is 0 Å². The van der Waals surface area contributed by atoms with Crippen molar-refractivity contribution in [1.29, 1.82) is 0 Å². The molecule has 0 fully saturated rings. The number of nitrogens with zero attached hydrogens (tertiary/aromatic N) is 3. The summed E-state index contributed by atoms with van der Waals surface area (Å²) in [6, 6.07) is 123. The molecule has 94 heavy (non-hydrogen) atoms. The molecule has 0 atom stereocenters. The average molecular weight is 1200 g/mol. The van der Waals surface area contributed by atoms with E-state index < -0.39 is 0 Å². The summed E-state index contributed by atoms with van der Waals surface area (Å²) in [5.41, 5.74) is 22.5. The van der Waals surface area contributed by atoms with Crippen LogP contribution in [0.2, 0.25) is 0 Å². The van der Waals surface area contributed by atoms with Crippen molar-refractivity contribution in [2.24, 2.45) is 0 Å². The molecular formula is C91H65N3. The molecule has 0 radical (unpaired) electrons. The lowest BCUT2D eigenvalue weighted by Crippen LogP contribution is -1.94. The molecule has 0 saturated heterocycles. The molecule has 0 spiro atoms. The Kier molecular flexibility index (Phi) is 13.9. The van der Waals surface area contributed by atoms with Gasteiger partial charge in [0.1, 0.15) is 0 Å². The fourth-order valence-corrected chi connectivity index (χ4v) is 15.0. The highest BCUT2D eigenvalue weighted by atomic mass is 15.0. The first-order valence-electron chi connectivity index (χ1n) is 32.6. The van der Waals surface area contributed by atoms with Gasteiger partial charge in [0.2, 0.25) is 0 Å². The first kappa shape index (κ1) is 56.0. The van der Waals surface area contributed by atoms with Crippen molar-refractivity contribution in [2.45, 2.75) is 20.8 Å². The number of fused-ring (bicyclic) bond motifs is 17. The van der Waals surface area contributed by atoms with Crippen LogP contribution in [0.15, 0.2) is 340 Å². The third kappa shape index (κ3) is 9.43. The van der Waals surface area contributed by atoms with Crippen LogP contribution in [0.3, 0.4) is 0 Å². The molecule has 19 rings (SSSR count). The van der Waals surface area contributed by atoms with Crippen LogP contribution in [0.25, 0.3) is 159 Å². The predicted molar refractivity (Wildman–Crippen MR) is 403 cm³/mol. The Morgan fingerprint density at radius 1 is 0.191 bits per heavy atom. The normalized spacial score (nSPS) is 11.6. The Morgan fingerprint density at radius 3 is 0.989 bits per heavy atom. The molecule has 16 aromatic carbocycles. The van der Waals surface area contributed by atoms with Gasteiger partial charge in [-0.15, -0.1) is 0 Å². The third-order valence-electron chi connectivity index (χ3n) is 19.1. The number of hydrogen-bond acceptors (Lipinski definition) is 0. The molecule has 3 aromatic heterocycles. The monoisotopic (exact) mass is 1200 g/mol. The first-order chi connectivity index (χ1) is 46.4. The van der Waals surface area contributed by atoms with E-state index in [2.05, 4.69) is 374 Å². The van der Waals surface area contributed by atoms with Gasteiger partial charge in [0.15, 0.2) is 0 Å². The van der Waals surface area contributed by atoms with Gasteiger partial charge in [-0.2, -0.15) is 0 Å². The van der Waals surface area contributed by atoms with Crippen molar-refractivity contribution < 1.29 is 0 Å². The first-order valence-corrected chi connectivity index (χ1v) is 32.6. The Hall–Kier alpha value is -12.0. The van der Waals surface area contributed by atoms with E-state index in [0.717, 1.165) is 0 Å². The molecule has 3 nitrogen and oxygen atoms in total. The average Bonchev–Trinajstić information content (AvgIpc) is 1.56. The highest BCUT2D eigenvalue weighted by Gasteiger charge is 2.23. The summed E-state index contributed by atoms with van der Waals surface area (Å²) < 4.78 is 7.29. The summed E-state index contributed by atoms with van der Waals surface area (Å²) in [7, 11) is 0. The molecule has 0 aliphatic carbocycles. The minimum atomic E-state index is 1.19. The van der Waals surface area contributed by atoms with E-state index in [1.165, 1.54) is 176 Å². The minimum absolute atomic E-state index is 1.19. The number of rotatable bonds is 6. The molecule has 0 unspecified atom stereocenters. The van der Waals surface area contributed by atoms with Gasteiger partial charge in [-0.25, -0.2) is 0 Å². The molecule has 0 bridgehead atoms. The van der Waals surface area contributed by atoms with Gasteiger partial charge < -0.3 is 13.7 Å². The summed E-state index contributed by atoms with van der Waals surface area (Å²) in [4.78, 5) is 0. The molecule has 444 valence electrons. The number of hydrogen-bond donors (Lipinski definition) is 0. The van der Waals surface area contributed by atoms with Gasteiger partial charge >= 0.3 is 0 Å². The Morgan fingerprint density at radius 2 is 0.511 bits per heavy atom. The second kappa shape index (κ2) is 23.3. The van der Waals surface area contributed by atoms with E-state index in [1.54, 1.807) is 0 Å². The maximum absolute atomic E-state index is 2.45. The van der Waals surface area contributed by atoms with Gasteiger partial charge in [0.05, 0.1) is 33.1 Å².